The Balaban J connectivity index is 2.10. The number of hydrogen-bond donors (Lipinski definition) is 2. The van der Waals surface area contributed by atoms with Crippen LogP contribution < -0.4 is 10.5 Å². The van der Waals surface area contributed by atoms with E-state index in [9.17, 15) is 8.42 Å². The molecule has 2 aromatic heterocycles. The lowest BCUT2D eigenvalue weighted by Crippen LogP contribution is -2.10. The van der Waals surface area contributed by atoms with E-state index in [4.69, 9.17) is 5.14 Å². The van der Waals surface area contributed by atoms with E-state index < -0.39 is 10.0 Å². The van der Waals surface area contributed by atoms with E-state index in [1.54, 1.807) is 11.3 Å². The molecule has 9 heteroatoms. The Hall–Kier alpha value is -1.03. The Labute approximate surface area is 119 Å². The number of nitrogens with one attached hydrogen (secondary N) is 1. The van der Waals surface area contributed by atoms with Crippen LogP contribution in [0.3, 0.4) is 0 Å². The molecule has 2 heterocycles. The zero-order chi connectivity index (χ0) is 14.0. The van der Waals surface area contributed by atoms with Crippen molar-refractivity contribution in [3.8, 4) is 0 Å². The largest absolute Gasteiger partial charge is 0.353 e. The maximum Gasteiger partial charge on any atom is 0.249 e. The van der Waals surface area contributed by atoms with Gasteiger partial charge in [-0.2, -0.15) is 0 Å². The van der Waals surface area contributed by atoms with Crippen molar-refractivity contribution in [2.24, 2.45) is 5.14 Å². The Morgan fingerprint density at radius 1 is 1.37 bits per heavy atom. The maximum absolute atomic E-state index is 11.2. The molecule has 1 unspecified atom stereocenters. The predicted molar refractivity (Wildman–Crippen MR) is 77.0 cm³/mol. The van der Waals surface area contributed by atoms with Crippen molar-refractivity contribution in [1.29, 1.82) is 0 Å². The summed E-state index contributed by atoms with van der Waals surface area (Å²) in [6.07, 6.45) is 4.07. The van der Waals surface area contributed by atoms with Gasteiger partial charge in [-0.1, -0.05) is 18.3 Å². The minimum absolute atomic E-state index is 0.0234. The quantitative estimate of drug-likeness (QED) is 0.878. The fraction of sp³-hybridized carbons (Fsp3) is 0.400. The second-order valence-electron chi connectivity index (χ2n) is 3.91. The molecule has 104 valence electrons. The van der Waals surface area contributed by atoms with Crippen LogP contribution in [-0.4, -0.2) is 18.4 Å². The molecule has 2 rings (SSSR count). The highest BCUT2D eigenvalue weighted by Crippen LogP contribution is 2.27. The monoisotopic (exact) mass is 318 g/mol. The minimum atomic E-state index is -3.68. The number of primary sulfonamides is 1. The number of nitrogens with zero attached hydrogens (tertiary/aromatic N) is 2. The van der Waals surface area contributed by atoms with Gasteiger partial charge in [0, 0.05) is 11.1 Å². The third-order valence-electron chi connectivity index (χ3n) is 2.40. The molecule has 0 amide bonds. The minimum Gasteiger partial charge on any atom is -0.353 e. The van der Waals surface area contributed by atoms with Gasteiger partial charge in [0.1, 0.15) is 5.01 Å². The predicted octanol–water partition coefficient (Wildman–Crippen LogP) is 1.98. The van der Waals surface area contributed by atoms with Crippen LogP contribution in [0.5, 0.6) is 0 Å². The molecule has 0 spiro atoms. The lowest BCUT2D eigenvalue weighted by molar-refractivity contribution is 0.599. The second-order valence-corrected chi connectivity index (χ2v) is 7.88. The molecule has 6 nitrogen and oxygen atoms in total. The number of hydrogen-bond acceptors (Lipinski definition) is 7. The number of rotatable bonds is 5. The number of nitrogens with two attached hydrogens (primary N) is 1. The number of sulfonamides is 1. The summed E-state index contributed by atoms with van der Waals surface area (Å²) in [6.45, 7) is 4.03. The highest BCUT2D eigenvalue weighted by atomic mass is 32.2. The first-order valence-corrected chi connectivity index (χ1v) is 8.78. The summed E-state index contributed by atoms with van der Waals surface area (Å²) in [7, 11) is -3.68. The SMILES string of the molecule is CCc1cnc(C(C)Nc2ncc(S(N)(=O)=O)s2)s1. The van der Waals surface area contributed by atoms with Crippen molar-refractivity contribution in [3.05, 3.63) is 22.3 Å². The molecule has 0 aromatic carbocycles. The topological polar surface area (TPSA) is 98.0 Å². The zero-order valence-electron chi connectivity index (χ0n) is 10.5. The van der Waals surface area contributed by atoms with E-state index in [-0.39, 0.29) is 10.3 Å². The summed E-state index contributed by atoms with van der Waals surface area (Å²) >= 11 is 2.65. The van der Waals surface area contributed by atoms with Crippen molar-refractivity contribution in [1.82, 2.24) is 9.97 Å². The molecule has 0 saturated carbocycles. The third kappa shape index (κ3) is 3.50. The summed E-state index contributed by atoms with van der Waals surface area (Å²) in [5, 5.41) is 9.63. The van der Waals surface area contributed by atoms with E-state index in [0.717, 1.165) is 22.8 Å². The van der Waals surface area contributed by atoms with Gasteiger partial charge >= 0.3 is 0 Å². The number of aryl methyl sites for hydroxylation is 1. The summed E-state index contributed by atoms with van der Waals surface area (Å²) < 4.78 is 22.4. The lowest BCUT2D eigenvalue weighted by Gasteiger charge is -2.08. The molecule has 1 atom stereocenters. The third-order valence-corrected chi connectivity index (χ3v) is 6.06. The highest BCUT2D eigenvalue weighted by molar-refractivity contribution is 7.91. The van der Waals surface area contributed by atoms with Crippen molar-refractivity contribution < 1.29 is 8.42 Å². The van der Waals surface area contributed by atoms with Gasteiger partial charge in [0.25, 0.3) is 0 Å². The maximum atomic E-state index is 11.2. The van der Waals surface area contributed by atoms with Gasteiger partial charge in [0.2, 0.25) is 10.0 Å². The van der Waals surface area contributed by atoms with E-state index in [1.165, 1.54) is 11.1 Å². The molecule has 2 aromatic rings. The number of thiazole rings is 2. The zero-order valence-corrected chi connectivity index (χ0v) is 12.9. The summed E-state index contributed by atoms with van der Waals surface area (Å²) in [6, 6.07) is -0.0234. The van der Waals surface area contributed by atoms with Gasteiger partial charge in [0.15, 0.2) is 9.34 Å². The first-order chi connectivity index (χ1) is 8.90. The van der Waals surface area contributed by atoms with Crippen LogP contribution in [0.4, 0.5) is 5.13 Å². The van der Waals surface area contributed by atoms with E-state index in [2.05, 4.69) is 22.2 Å². The van der Waals surface area contributed by atoms with Crippen molar-refractivity contribution in [2.75, 3.05) is 5.32 Å². The first-order valence-electron chi connectivity index (χ1n) is 5.60. The number of anilines is 1. The Bertz CT molecular complexity index is 662. The standard InChI is InChI=1S/C10H14N4O2S3/c1-3-7-4-12-9(17-7)6(2)14-10-13-5-8(18-10)19(11,15)16/h4-6H,3H2,1-2H3,(H,13,14)(H2,11,15,16). The average Bonchev–Trinajstić information content (AvgIpc) is 2.95. The van der Waals surface area contributed by atoms with Crippen molar-refractivity contribution >= 4 is 37.8 Å². The normalized spacial score (nSPS) is 13.4. The smallest absolute Gasteiger partial charge is 0.249 e. The molecular weight excluding hydrogens is 304 g/mol. The molecule has 3 N–H and O–H groups in total. The molecule has 19 heavy (non-hydrogen) atoms. The molecule has 0 aliphatic rings. The van der Waals surface area contributed by atoms with Crippen LogP contribution in [0.15, 0.2) is 16.6 Å². The molecule has 0 radical (unpaired) electrons. The van der Waals surface area contributed by atoms with Gasteiger partial charge in [-0.15, -0.1) is 11.3 Å². The van der Waals surface area contributed by atoms with Gasteiger partial charge in [-0.3, -0.25) is 0 Å². The van der Waals surface area contributed by atoms with E-state index in [1.807, 2.05) is 13.1 Å². The first kappa shape index (κ1) is 14.4. The van der Waals surface area contributed by atoms with Gasteiger partial charge < -0.3 is 5.32 Å². The fourth-order valence-corrected chi connectivity index (χ4v) is 3.79. The Morgan fingerprint density at radius 3 is 2.63 bits per heavy atom. The van der Waals surface area contributed by atoms with Crippen LogP contribution >= 0.6 is 22.7 Å². The second kappa shape index (κ2) is 5.53. The fourth-order valence-electron chi connectivity index (χ4n) is 1.39. The highest BCUT2D eigenvalue weighted by Gasteiger charge is 2.15. The molecule has 0 saturated heterocycles. The van der Waals surface area contributed by atoms with Gasteiger partial charge in [-0.05, 0) is 13.3 Å². The van der Waals surface area contributed by atoms with Crippen LogP contribution in [0.1, 0.15) is 29.8 Å². The van der Waals surface area contributed by atoms with Gasteiger partial charge in [-0.25, -0.2) is 23.5 Å². The number of aromatic nitrogens is 2. The van der Waals surface area contributed by atoms with Crippen molar-refractivity contribution in [3.63, 3.8) is 0 Å². The summed E-state index contributed by atoms with van der Waals surface area (Å²) in [4.78, 5) is 9.54. The average molecular weight is 318 g/mol. The van der Waals surface area contributed by atoms with Crippen molar-refractivity contribution in [2.45, 2.75) is 30.5 Å². The summed E-state index contributed by atoms with van der Waals surface area (Å²) in [5.74, 6) is 0. The molecule has 0 aliphatic carbocycles. The van der Waals surface area contributed by atoms with Crippen LogP contribution in [-0.2, 0) is 16.4 Å². The Morgan fingerprint density at radius 2 is 2.11 bits per heavy atom. The molecule has 0 fully saturated rings. The molecule has 0 aliphatic heterocycles. The summed E-state index contributed by atoms with van der Waals surface area (Å²) in [5.41, 5.74) is 0. The molecular formula is C10H14N4O2S3. The van der Waals surface area contributed by atoms with E-state index >= 15 is 0 Å². The Kier molecular flexibility index (Phi) is 4.19. The van der Waals surface area contributed by atoms with Crippen LogP contribution in [0, 0.1) is 0 Å². The van der Waals surface area contributed by atoms with E-state index in [0.29, 0.717) is 5.13 Å². The molecule has 0 bridgehead atoms. The van der Waals surface area contributed by atoms with Crippen LogP contribution in [0.2, 0.25) is 0 Å². The lowest BCUT2D eigenvalue weighted by atomic mass is 10.4. The van der Waals surface area contributed by atoms with Crippen LogP contribution in [0.25, 0.3) is 0 Å². The van der Waals surface area contributed by atoms with Gasteiger partial charge in [0.05, 0.1) is 12.2 Å².